The second-order valence-corrected chi connectivity index (χ2v) is 4.89. The van der Waals surface area contributed by atoms with Crippen molar-refractivity contribution in [3.8, 4) is 0 Å². The minimum Gasteiger partial charge on any atom is -0.351 e. The minimum absolute atomic E-state index is 0.122. The predicted octanol–water partition coefficient (Wildman–Crippen LogP) is 3.21. The molecule has 0 atom stereocenters. The number of thiophene rings is 1. The molecule has 0 bridgehead atoms. The summed E-state index contributed by atoms with van der Waals surface area (Å²) in [5.74, 6) is 0.122. The van der Waals surface area contributed by atoms with Crippen molar-refractivity contribution in [1.29, 1.82) is 0 Å². The van der Waals surface area contributed by atoms with E-state index in [0.29, 0.717) is 13.0 Å². The largest absolute Gasteiger partial charge is 0.351 e. The molecule has 0 saturated carbocycles. The highest BCUT2D eigenvalue weighted by atomic mass is 35.5. The van der Waals surface area contributed by atoms with Crippen LogP contribution < -0.4 is 5.32 Å². The fourth-order valence-electron chi connectivity index (χ4n) is 1.06. The Kier molecular flexibility index (Phi) is 4.98. The lowest BCUT2D eigenvalue weighted by Crippen LogP contribution is -2.21. The van der Waals surface area contributed by atoms with Gasteiger partial charge in [-0.25, -0.2) is 0 Å². The average molecular weight is 232 g/mol. The molecule has 1 N–H and O–H groups in total. The molecule has 0 fully saturated rings. The van der Waals surface area contributed by atoms with E-state index in [1.54, 1.807) is 0 Å². The molecule has 2 nitrogen and oxygen atoms in total. The molecule has 0 radical (unpaired) electrons. The lowest BCUT2D eigenvalue weighted by molar-refractivity contribution is -0.121. The van der Waals surface area contributed by atoms with E-state index in [1.807, 2.05) is 12.1 Å². The molecule has 1 heterocycles. The van der Waals surface area contributed by atoms with Gasteiger partial charge < -0.3 is 5.32 Å². The maximum atomic E-state index is 11.2. The zero-order chi connectivity index (χ0) is 10.4. The number of amides is 1. The number of hydrogen-bond acceptors (Lipinski definition) is 2. The molecule has 0 aliphatic carbocycles. The lowest BCUT2D eigenvalue weighted by atomic mass is 10.2. The molecule has 14 heavy (non-hydrogen) atoms. The van der Waals surface area contributed by atoms with E-state index in [9.17, 15) is 4.79 Å². The minimum atomic E-state index is 0.122. The molecule has 1 aromatic rings. The molecule has 1 rings (SSSR count). The van der Waals surface area contributed by atoms with Crippen molar-refractivity contribution in [2.24, 2.45) is 0 Å². The quantitative estimate of drug-likeness (QED) is 0.829. The summed E-state index contributed by atoms with van der Waals surface area (Å²) in [7, 11) is 0. The van der Waals surface area contributed by atoms with Gasteiger partial charge in [-0.05, 0) is 18.6 Å². The van der Waals surface area contributed by atoms with Crippen LogP contribution >= 0.6 is 22.9 Å². The van der Waals surface area contributed by atoms with Crippen LogP contribution in [0.25, 0.3) is 0 Å². The molecule has 0 saturated heterocycles. The molecule has 1 aromatic heterocycles. The van der Waals surface area contributed by atoms with Crippen molar-refractivity contribution < 1.29 is 4.79 Å². The van der Waals surface area contributed by atoms with Gasteiger partial charge in [0.05, 0.1) is 10.9 Å². The number of nitrogens with one attached hydrogen (secondary N) is 1. The van der Waals surface area contributed by atoms with Crippen molar-refractivity contribution in [3.63, 3.8) is 0 Å². The van der Waals surface area contributed by atoms with Gasteiger partial charge in [0.15, 0.2) is 0 Å². The first kappa shape index (κ1) is 11.5. The fourth-order valence-corrected chi connectivity index (χ4v) is 2.09. The van der Waals surface area contributed by atoms with Crippen LogP contribution in [0, 0.1) is 0 Å². The number of carbonyl (C=O) groups is 1. The SMILES string of the molecule is CCCCC(=O)NCc1ccc(Cl)s1. The van der Waals surface area contributed by atoms with E-state index < -0.39 is 0 Å². The number of carbonyl (C=O) groups excluding carboxylic acids is 1. The van der Waals surface area contributed by atoms with Crippen LogP contribution in [0.5, 0.6) is 0 Å². The third-order valence-corrected chi connectivity index (χ3v) is 3.08. The predicted molar refractivity (Wildman–Crippen MR) is 60.7 cm³/mol. The first-order chi connectivity index (χ1) is 6.72. The highest BCUT2D eigenvalue weighted by Gasteiger charge is 2.01. The Hall–Kier alpha value is -0.540. The molecule has 0 unspecified atom stereocenters. The summed E-state index contributed by atoms with van der Waals surface area (Å²) in [5, 5.41) is 2.86. The van der Waals surface area contributed by atoms with Gasteiger partial charge in [-0.1, -0.05) is 24.9 Å². The Bertz CT molecular complexity index is 298. The first-order valence-corrected chi connectivity index (χ1v) is 5.92. The Labute approximate surface area is 93.3 Å². The molecular weight excluding hydrogens is 218 g/mol. The molecule has 0 spiro atoms. The van der Waals surface area contributed by atoms with Crippen LogP contribution in [0.2, 0.25) is 4.34 Å². The zero-order valence-electron chi connectivity index (χ0n) is 8.18. The number of hydrogen-bond donors (Lipinski definition) is 1. The number of halogens is 1. The van der Waals surface area contributed by atoms with E-state index >= 15 is 0 Å². The Morgan fingerprint density at radius 2 is 2.36 bits per heavy atom. The van der Waals surface area contributed by atoms with Crippen LogP contribution in [0.3, 0.4) is 0 Å². The van der Waals surface area contributed by atoms with Crippen LogP contribution in [-0.2, 0) is 11.3 Å². The second kappa shape index (κ2) is 6.04. The maximum Gasteiger partial charge on any atom is 0.220 e. The van der Waals surface area contributed by atoms with Gasteiger partial charge in [0.1, 0.15) is 0 Å². The summed E-state index contributed by atoms with van der Waals surface area (Å²) in [6.07, 6.45) is 2.63. The normalized spacial score (nSPS) is 10.1. The van der Waals surface area contributed by atoms with Crippen molar-refractivity contribution in [3.05, 3.63) is 21.3 Å². The topological polar surface area (TPSA) is 29.1 Å². The number of rotatable bonds is 5. The van der Waals surface area contributed by atoms with Crippen LogP contribution in [-0.4, -0.2) is 5.91 Å². The summed E-state index contributed by atoms with van der Waals surface area (Å²) in [4.78, 5) is 12.3. The van der Waals surface area contributed by atoms with Crippen molar-refractivity contribution in [2.45, 2.75) is 32.7 Å². The Morgan fingerprint density at radius 3 is 2.93 bits per heavy atom. The van der Waals surface area contributed by atoms with Crippen LogP contribution in [0.4, 0.5) is 0 Å². The van der Waals surface area contributed by atoms with E-state index in [0.717, 1.165) is 22.1 Å². The van der Waals surface area contributed by atoms with Crippen molar-refractivity contribution in [1.82, 2.24) is 5.32 Å². The van der Waals surface area contributed by atoms with E-state index in [1.165, 1.54) is 11.3 Å². The summed E-state index contributed by atoms with van der Waals surface area (Å²) in [6, 6.07) is 3.78. The molecule has 0 aromatic carbocycles. The highest BCUT2D eigenvalue weighted by molar-refractivity contribution is 7.16. The molecular formula is C10H14ClNOS. The van der Waals surface area contributed by atoms with Gasteiger partial charge in [-0.15, -0.1) is 11.3 Å². The smallest absolute Gasteiger partial charge is 0.220 e. The zero-order valence-corrected chi connectivity index (χ0v) is 9.75. The second-order valence-electron chi connectivity index (χ2n) is 3.09. The van der Waals surface area contributed by atoms with Gasteiger partial charge in [0.2, 0.25) is 5.91 Å². The highest BCUT2D eigenvalue weighted by Crippen LogP contribution is 2.20. The van der Waals surface area contributed by atoms with E-state index in [-0.39, 0.29) is 5.91 Å². The fraction of sp³-hybridized carbons (Fsp3) is 0.500. The Morgan fingerprint density at radius 1 is 1.57 bits per heavy atom. The average Bonchev–Trinajstić information content (AvgIpc) is 2.58. The number of unbranched alkanes of at least 4 members (excludes halogenated alkanes) is 1. The maximum absolute atomic E-state index is 11.2. The molecule has 4 heteroatoms. The summed E-state index contributed by atoms with van der Waals surface area (Å²) >= 11 is 7.27. The van der Waals surface area contributed by atoms with Crippen LogP contribution in [0.15, 0.2) is 12.1 Å². The summed E-state index contributed by atoms with van der Waals surface area (Å²) < 4.78 is 0.766. The van der Waals surface area contributed by atoms with Gasteiger partial charge in [-0.2, -0.15) is 0 Å². The van der Waals surface area contributed by atoms with Gasteiger partial charge in [-0.3, -0.25) is 4.79 Å². The Balaban J connectivity index is 2.23. The molecule has 1 amide bonds. The molecule has 0 aliphatic rings. The van der Waals surface area contributed by atoms with Gasteiger partial charge in [0, 0.05) is 11.3 Å². The first-order valence-electron chi connectivity index (χ1n) is 4.73. The third kappa shape index (κ3) is 4.11. The van der Waals surface area contributed by atoms with Crippen LogP contribution in [0.1, 0.15) is 31.1 Å². The molecule has 78 valence electrons. The molecule has 0 aliphatic heterocycles. The third-order valence-electron chi connectivity index (χ3n) is 1.85. The van der Waals surface area contributed by atoms with E-state index in [4.69, 9.17) is 11.6 Å². The van der Waals surface area contributed by atoms with Crippen molar-refractivity contribution >= 4 is 28.8 Å². The summed E-state index contributed by atoms with van der Waals surface area (Å²) in [5.41, 5.74) is 0. The van der Waals surface area contributed by atoms with Gasteiger partial charge >= 0.3 is 0 Å². The monoisotopic (exact) mass is 231 g/mol. The van der Waals surface area contributed by atoms with Gasteiger partial charge in [0.25, 0.3) is 0 Å². The lowest BCUT2D eigenvalue weighted by Gasteiger charge is -2.01. The summed E-state index contributed by atoms with van der Waals surface area (Å²) in [6.45, 7) is 2.67. The van der Waals surface area contributed by atoms with E-state index in [2.05, 4.69) is 12.2 Å². The standard InChI is InChI=1S/C10H14ClNOS/c1-2-3-4-10(13)12-7-8-5-6-9(11)14-8/h5-6H,2-4,7H2,1H3,(H,12,13). The van der Waals surface area contributed by atoms with Crippen molar-refractivity contribution in [2.75, 3.05) is 0 Å².